The van der Waals surface area contributed by atoms with Crippen LogP contribution in [0, 0.1) is 0 Å². The topological polar surface area (TPSA) is 48.0 Å². The van der Waals surface area contributed by atoms with Crippen molar-refractivity contribution in [2.45, 2.75) is 26.1 Å². The zero-order valence-corrected chi connectivity index (χ0v) is 14.9. The number of ether oxygens (including phenoxy) is 3. The van der Waals surface area contributed by atoms with Crippen molar-refractivity contribution in [3.05, 3.63) is 54.1 Å². The molecule has 2 aromatic rings. The molecule has 5 nitrogen and oxygen atoms in total. The highest BCUT2D eigenvalue weighted by Gasteiger charge is 2.24. The van der Waals surface area contributed by atoms with Crippen LogP contribution in [-0.2, 0) is 11.2 Å². The molecular weight excluding hydrogens is 356 g/mol. The number of carbonyl (C=O) groups excluding carboxylic acids is 1. The van der Waals surface area contributed by atoms with Gasteiger partial charge in [-0.05, 0) is 36.8 Å². The first-order chi connectivity index (χ1) is 13.0. The Morgan fingerprint density at radius 3 is 2.56 bits per heavy atom. The minimum absolute atomic E-state index is 0.0671. The number of likely N-dealkylation sites (N-methyl/N-ethyl adjacent to an activating group) is 1. The third-order valence-electron chi connectivity index (χ3n) is 4.23. The highest BCUT2D eigenvalue weighted by molar-refractivity contribution is 5.78. The number of fused-ring (bicyclic) bond motifs is 1. The second-order valence-corrected chi connectivity index (χ2v) is 6.13. The van der Waals surface area contributed by atoms with E-state index in [1.165, 1.54) is 12.1 Å². The number of hydrogen-bond donors (Lipinski definition) is 0. The van der Waals surface area contributed by atoms with Crippen molar-refractivity contribution in [1.29, 1.82) is 0 Å². The Labute approximate surface area is 156 Å². The van der Waals surface area contributed by atoms with Crippen LogP contribution < -0.4 is 14.2 Å². The maximum absolute atomic E-state index is 12.6. The molecule has 2 aromatic carbocycles. The lowest BCUT2D eigenvalue weighted by atomic mass is 10.1. The lowest BCUT2D eigenvalue weighted by Crippen LogP contribution is -2.44. The largest absolute Gasteiger partial charge is 0.486 e. The van der Waals surface area contributed by atoms with E-state index >= 15 is 0 Å². The first kappa shape index (κ1) is 18.9. The van der Waals surface area contributed by atoms with E-state index in [0.717, 1.165) is 5.56 Å². The summed E-state index contributed by atoms with van der Waals surface area (Å²) in [6, 6.07) is 13.5. The fourth-order valence-electron chi connectivity index (χ4n) is 2.88. The van der Waals surface area contributed by atoms with Crippen LogP contribution >= 0.6 is 0 Å². The Hall–Kier alpha value is -2.83. The number of benzene rings is 2. The van der Waals surface area contributed by atoms with Crippen molar-refractivity contribution in [3.63, 3.8) is 0 Å². The normalized spacial score (nSPS) is 15.5. The van der Waals surface area contributed by atoms with E-state index in [4.69, 9.17) is 9.47 Å². The molecule has 0 N–H and O–H groups in total. The standard InChI is InChI=1S/C20H21F2NO4/c1-2-23(12-16-13-25-17-5-3-4-6-18(17)26-16)19(24)11-14-7-9-15(10-8-14)27-20(21)22/h3-10,16,20H,2,11-13H2,1H3. The van der Waals surface area contributed by atoms with Crippen molar-refractivity contribution in [1.82, 2.24) is 4.90 Å². The molecule has 0 fully saturated rings. The molecule has 3 rings (SSSR count). The van der Waals surface area contributed by atoms with Gasteiger partial charge in [0.05, 0.1) is 13.0 Å². The number of halogens is 2. The van der Waals surface area contributed by atoms with Crippen LogP contribution in [0.5, 0.6) is 17.2 Å². The summed E-state index contributed by atoms with van der Waals surface area (Å²) in [7, 11) is 0. The smallest absolute Gasteiger partial charge is 0.387 e. The SMILES string of the molecule is CCN(CC1COc2ccccc2O1)C(=O)Cc1ccc(OC(F)F)cc1. The van der Waals surface area contributed by atoms with E-state index in [-0.39, 0.29) is 24.2 Å². The quantitative estimate of drug-likeness (QED) is 0.741. The van der Waals surface area contributed by atoms with Crippen LogP contribution in [-0.4, -0.2) is 43.2 Å². The van der Waals surface area contributed by atoms with E-state index in [1.807, 2.05) is 31.2 Å². The summed E-state index contributed by atoms with van der Waals surface area (Å²) in [5.41, 5.74) is 0.728. The first-order valence-electron chi connectivity index (χ1n) is 8.75. The highest BCUT2D eigenvalue weighted by atomic mass is 19.3. The zero-order chi connectivity index (χ0) is 19.2. The van der Waals surface area contributed by atoms with Crippen molar-refractivity contribution in [2.75, 3.05) is 19.7 Å². The van der Waals surface area contributed by atoms with Crippen LogP contribution in [0.15, 0.2) is 48.5 Å². The van der Waals surface area contributed by atoms with E-state index in [2.05, 4.69) is 4.74 Å². The lowest BCUT2D eigenvalue weighted by molar-refractivity contribution is -0.131. The van der Waals surface area contributed by atoms with Gasteiger partial charge in [-0.2, -0.15) is 8.78 Å². The van der Waals surface area contributed by atoms with Gasteiger partial charge in [-0.1, -0.05) is 24.3 Å². The summed E-state index contributed by atoms with van der Waals surface area (Å²) in [4.78, 5) is 14.3. The van der Waals surface area contributed by atoms with E-state index in [9.17, 15) is 13.6 Å². The average Bonchev–Trinajstić information content (AvgIpc) is 2.67. The van der Waals surface area contributed by atoms with E-state index in [1.54, 1.807) is 17.0 Å². The van der Waals surface area contributed by atoms with Gasteiger partial charge >= 0.3 is 6.61 Å². The average molecular weight is 377 g/mol. The summed E-state index contributed by atoms with van der Waals surface area (Å²) < 4.78 is 40.3. The van der Waals surface area contributed by atoms with Gasteiger partial charge < -0.3 is 19.1 Å². The summed E-state index contributed by atoms with van der Waals surface area (Å²) in [6.45, 7) is 0.356. The Morgan fingerprint density at radius 2 is 1.89 bits per heavy atom. The van der Waals surface area contributed by atoms with Gasteiger partial charge in [0.2, 0.25) is 5.91 Å². The Balaban J connectivity index is 1.56. The number of rotatable bonds is 7. The number of hydrogen-bond acceptors (Lipinski definition) is 4. The number of nitrogens with zero attached hydrogens (tertiary/aromatic N) is 1. The molecule has 0 radical (unpaired) electrons. The zero-order valence-electron chi connectivity index (χ0n) is 14.9. The lowest BCUT2D eigenvalue weighted by Gasteiger charge is -2.31. The molecular formula is C20H21F2NO4. The number of amides is 1. The molecule has 1 amide bonds. The minimum Gasteiger partial charge on any atom is -0.486 e. The molecule has 144 valence electrons. The van der Waals surface area contributed by atoms with Gasteiger partial charge in [0.25, 0.3) is 0 Å². The molecule has 7 heteroatoms. The highest BCUT2D eigenvalue weighted by Crippen LogP contribution is 2.31. The fraction of sp³-hybridized carbons (Fsp3) is 0.350. The molecule has 1 unspecified atom stereocenters. The number of alkyl halides is 2. The van der Waals surface area contributed by atoms with Crippen LogP contribution in [0.3, 0.4) is 0 Å². The predicted molar refractivity (Wildman–Crippen MR) is 95.4 cm³/mol. The van der Waals surface area contributed by atoms with Crippen LogP contribution in [0.1, 0.15) is 12.5 Å². The van der Waals surface area contributed by atoms with Crippen molar-refractivity contribution < 1.29 is 27.8 Å². The van der Waals surface area contributed by atoms with Gasteiger partial charge in [0.1, 0.15) is 12.4 Å². The fourth-order valence-corrected chi connectivity index (χ4v) is 2.88. The van der Waals surface area contributed by atoms with Gasteiger partial charge in [0.15, 0.2) is 17.6 Å². The Bertz CT molecular complexity index is 767. The minimum atomic E-state index is -2.86. The van der Waals surface area contributed by atoms with E-state index in [0.29, 0.717) is 31.2 Å². The first-order valence-corrected chi connectivity index (χ1v) is 8.75. The molecule has 1 aliphatic heterocycles. The third-order valence-corrected chi connectivity index (χ3v) is 4.23. The number of para-hydroxylation sites is 2. The Kier molecular flexibility index (Phi) is 6.11. The molecule has 0 aliphatic carbocycles. The maximum atomic E-state index is 12.6. The molecule has 1 heterocycles. The van der Waals surface area contributed by atoms with Gasteiger partial charge in [-0.3, -0.25) is 4.79 Å². The van der Waals surface area contributed by atoms with E-state index < -0.39 is 6.61 Å². The summed E-state index contributed by atoms with van der Waals surface area (Å²) in [5.74, 6) is 1.38. The summed E-state index contributed by atoms with van der Waals surface area (Å²) in [6.07, 6.45) is -0.0712. The molecule has 0 saturated carbocycles. The summed E-state index contributed by atoms with van der Waals surface area (Å²) >= 11 is 0. The predicted octanol–water partition coefficient (Wildman–Crippen LogP) is 3.52. The third kappa shape index (κ3) is 5.09. The molecule has 0 spiro atoms. The Morgan fingerprint density at radius 1 is 1.19 bits per heavy atom. The van der Waals surface area contributed by atoms with Gasteiger partial charge in [-0.15, -0.1) is 0 Å². The molecule has 1 aliphatic rings. The van der Waals surface area contributed by atoms with Crippen LogP contribution in [0.25, 0.3) is 0 Å². The molecule has 0 bridgehead atoms. The molecule has 0 aromatic heterocycles. The second kappa shape index (κ2) is 8.70. The van der Waals surface area contributed by atoms with Crippen LogP contribution in [0.4, 0.5) is 8.78 Å². The second-order valence-electron chi connectivity index (χ2n) is 6.13. The van der Waals surface area contributed by atoms with Crippen molar-refractivity contribution in [2.24, 2.45) is 0 Å². The number of carbonyl (C=O) groups is 1. The summed E-state index contributed by atoms with van der Waals surface area (Å²) in [5, 5.41) is 0. The van der Waals surface area contributed by atoms with Crippen LogP contribution in [0.2, 0.25) is 0 Å². The van der Waals surface area contributed by atoms with Gasteiger partial charge in [-0.25, -0.2) is 0 Å². The van der Waals surface area contributed by atoms with Crippen molar-refractivity contribution >= 4 is 5.91 Å². The maximum Gasteiger partial charge on any atom is 0.387 e. The van der Waals surface area contributed by atoms with Gasteiger partial charge in [0, 0.05) is 6.54 Å². The molecule has 27 heavy (non-hydrogen) atoms. The monoisotopic (exact) mass is 377 g/mol. The molecule has 0 saturated heterocycles. The van der Waals surface area contributed by atoms with Crippen molar-refractivity contribution in [3.8, 4) is 17.2 Å². The molecule has 1 atom stereocenters.